The second-order valence-electron chi connectivity index (χ2n) is 5.47. The van der Waals surface area contributed by atoms with Gasteiger partial charge in [-0.25, -0.2) is 13.6 Å². The van der Waals surface area contributed by atoms with Crippen molar-refractivity contribution in [2.24, 2.45) is 0 Å². The van der Waals surface area contributed by atoms with Gasteiger partial charge in [0.25, 0.3) is 0 Å². The van der Waals surface area contributed by atoms with Crippen LogP contribution in [0.3, 0.4) is 0 Å². The van der Waals surface area contributed by atoms with Crippen molar-refractivity contribution >= 4 is 11.7 Å². The summed E-state index contributed by atoms with van der Waals surface area (Å²) in [6.07, 6.45) is -0.0231. The van der Waals surface area contributed by atoms with E-state index in [1.807, 2.05) is 19.9 Å². The van der Waals surface area contributed by atoms with Crippen molar-refractivity contribution in [3.05, 3.63) is 54.1 Å². The van der Waals surface area contributed by atoms with Crippen LogP contribution in [0.2, 0.25) is 0 Å². The fourth-order valence-corrected chi connectivity index (χ4v) is 2.01. The molecule has 0 aromatic heterocycles. The first-order valence-electron chi connectivity index (χ1n) is 7.84. The first kappa shape index (κ1) is 18.5. The topological polar surface area (TPSA) is 59.6 Å². The number of benzene rings is 2. The van der Waals surface area contributed by atoms with Crippen LogP contribution >= 0.6 is 0 Å². The molecule has 0 unspecified atom stereocenters. The predicted molar refractivity (Wildman–Crippen MR) is 91.1 cm³/mol. The largest absolute Gasteiger partial charge is 0.489 e. The number of nitrogens with one attached hydrogen (secondary N) is 2. The molecule has 0 fully saturated rings. The van der Waals surface area contributed by atoms with Crippen molar-refractivity contribution in [3.63, 3.8) is 0 Å². The molecule has 0 spiro atoms. The molecule has 134 valence electrons. The van der Waals surface area contributed by atoms with E-state index in [2.05, 4.69) is 10.6 Å². The number of hydrogen-bond acceptors (Lipinski definition) is 3. The molecule has 2 aromatic rings. The highest BCUT2D eigenvalue weighted by atomic mass is 19.1. The summed E-state index contributed by atoms with van der Waals surface area (Å²) in [7, 11) is 0. The Morgan fingerprint density at radius 3 is 2.60 bits per heavy atom. The zero-order valence-electron chi connectivity index (χ0n) is 14.0. The van der Waals surface area contributed by atoms with Gasteiger partial charge in [-0.3, -0.25) is 0 Å². The van der Waals surface area contributed by atoms with Gasteiger partial charge in [0.2, 0.25) is 0 Å². The van der Waals surface area contributed by atoms with Crippen LogP contribution in [0.15, 0.2) is 42.5 Å². The van der Waals surface area contributed by atoms with Crippen LogP contribution in [-0.4, -0.2) is 25.3 Å². The number of urea groups is 1. The van der Waals surface area contributed by atoms with Gasteiger partial charge in [0.15, 0.2) is 11.6 Å². The number of para-hydroxylation sites is 2. The predicted octanol–water partition coefficient (Wildman–Crippen LogP) is 3.95. The van der Waals surface area contributed by atoms with E-state index in [0.29, 0.717) is 11.4 Å². The lowest BCUT2D eigenvalue weighted by molar-refractivity contribution is 0.240. The fraction of sp³-hybridized carbons (Fsp3) is 0.278. The smallest absolute Gasteiger partial charge is 0.319 e. The Kier molecular flexibility index (Phi) is 6.56. The van der Waals surface area contributed by atoms with Crippen LogP contribution in [0, 0.1) is 11.6 Å². The van der Waals surface area contributed by atoms with Gasteiger partial charge in [-0.1, -0.05) is 12.1 Å². The highest BCUT2D eigenvalue weighted by Gasteiger charge is 2.09. The van der Waals surface area contributed by atoms with Crippen LogP contribution in [-0.2, 0) is 0 Å². The Balaban J connectivity index is 1.79. The Morgan fingerprint density at radius 1 is 1.12 bits per heavy atom. The van der Waals surface area contributed by atoms with Crippen LogP contribution in [0.1, 0.15) is 13.8 Å². The van der Waals surface area contributed by atoms with Crippen molar-refractivity contribution in [1.29, 1.82) is 0 Å². The Labute approximate surface area is 144 Å². The number of amides is 2. The Hall–Kier alpha value is -2.83. The minimum Gasteiger partial charge on any atom is -0.489 e. The molecule has 0 saturated heterocycles. The molecular weight excluding hydrogens is 330 g/mol. The molecule has 2 rings (SSSR count). The van der Waals surface area contributed by atoms with Crippen molar-refractivity contribution in [2.75, 3.05) is 18.5 Å². The second-order valence-corrected chi connectivity index (χ2v) is 5.47. The number of carbonyl (C=O) groups excluding carboxylic acids is 1. The van der Waals surface area contributed by atoms with Crippen LogP contribution in [0.25, 0.3) is 0 Å². The molecule has 2 aromatic carbocycles. The monoisotopic (exact) mass is 350 g/mol. The minimum atomic E-state index is -0.788. The van der Waals surface area contributed by atoms with E-state index in [1.165, 1.54) is 6.07 Å². The Morgan fingerprint density at radius 2 is 1.88 bits per heavy atom. The summed E-state index contributed by atoms with van der Waals surface area (Å²) in [5, 5.41) is 5.26. The third kappa shape index (κ3) is 5.95. The lowest BCUT2D eigenvalue weighted by Gasteiger charge is -2.15. The van der Waals surface area contributed by atoms with E-state index in [1.54, 1.807) is 18.2 Å². The molecule has 0 saturated carbocycles. The highest BCUT2D eigenvalue weighted by Crippen LogP contribution is 2.24. The molecule has 0 aliphatic heterocycles. The van der Waals surface area contributed by atoms with Crippen molar-refractivity contribution in [3.8, 4) is 11.5 Å². The number of halogens is 2. The first-order valence-corrected chi connectivity index (χ1v) is 7.84. The van der Waals surface area contributed by atoms with E-state index >= 15 is 0 Å². The standard InChI is InChI=1S/C18H20F2N2O3/c1-12(2)25-17-6-4-3-5-15(17)22-18(23)21-9-10-24-16-8-7-13(19)11-14(16)20/h3-8,11-12H,9-10H2,1-2H3,(H2,21,22,23). The van der Waals surface area contributed by atoms with Gasteiger partial charge in [-0.15, -0.1) is 0 Å². The molecule has 0 atom stereocenters. The Bertz CT molecular complexity index is 723. The van der Waals surface area contributed by atoms with Crippen LogP contribution in [0.5, 0.6) is 11.5 Å². The lowest BCUT2D eigenvalue weighted by Crippen LogP contribution is -2.32. The van der Waals surface area contributed by atoms with E-state index in [4.69, 9.17) is 9.47 Å². The number of ether oxygens (including phenoxy) is 2. The quantitative estimate of drug-likeness (QED) is 0.743. The highest BCUT2D eigenvalue weighted by molar-refractivity contribution is 5.90. The molecule has 2 amide bonds. The van der Waals surface area contributed by atoms with Crippen molar-refractivity contribution in [2.45, 2.75) is 20.0 Å². The van der Waals surface area contributed by atoms with Gasteiger partial charge in [0.05, 0.1) is 18.3 Å². The lowest BCUT2D eigenvalue weighted by atomic mass is 10.3. The van der Waals surface area contributed by atoms with Crippen LogP contribution in [0.4, 0.5) is 19.3 Å². The molecule has 0 aliphatic carbocycles. The number of carbonyl (C=O) groups is 1. The van der Waals surface area contributed by atoms with E-state index < -0.39 is 17.7 Å². The summed E-state index contributed by atoms with van der Waals surface area (Å²) >= 11 is 0. The maximum absolute atomic E-state index is 13.4. The molecular formula is C18H20F2N2O3. The molecule has 2 N–H and O–H groups in total. The zero-order valence-corrected chi connectivity index (χ0v) is 14.0. The van der Waals surface area contributed by atoms with Gasteiger partial charge >= 0.3 is 6.03 Å². The van der Waals surface area contributed by atoms with E-state index in [9.17, 15) is 13.6 Å². The third-order valence-electron chi connectivity index (χ3n) is 3.04. The maximum atomic E-state index is 13.4. The molecule has 0 aliphatic rings. The summed E-state index contributed by atoms with van der Waals surface area (Å²) in [5.41, 5.74) is 0.541. The number of anilines is 1. The molecule has 0 radical (unpaired) electrons. The summed E-state index contributed by atoms with van der Waals surface area (Å²) in [5.74, 6) is -0.967. The van der Waals surface area contributed by atoms with Gasteiger partial charge < -0.3 is 20.1 Å². The second kappa shape index (κ2) is 8.86. The van der Waals surface area contributed by atoms with Gasteiger partial charge in [-0.2, -0.15) is 0 Å². The summed E-state index contributed by atoms with van der Waals surface area (Å²) in [6.45, 7) is 3.97. The average molecular weight is 350 g/mol. The maximum Gasteiger partial charge on any atom is 0.319 e. The van der Waals surface area contributed by atoms with Crippen molar-refractivity contribution < 1.29 is 23.0 Å². The SMILES string of the molecule is CC(C)Oc1ccccc1NC(=O)NCCOc1ccc(F)cc1F. The minimum absolute atomic E-state index is 0.0231. The van der Waals surface area contributed by atoms with Crippen molar-refractivity contribution in [1.82, 2.24) is 5.32 Å². The van der Waals surface area contributed by atoms with Gasteiger partial charge in [-0.05, 0) is 38.1 Å². The summed E-state index contributed by atoms with van der Waals surface area (Å²) < 4.78 is 37.0. The summed E-state index contributed by atoms with van der Waals surface area (Å²) in [4.78, 5) is 11.9. The normalized spacial score (nSPS) is 10.4. The average Bonchev–Trinajstić information content (AvgIpc) is 2.54. The van der Waals surface area contributed by atoms with Gasteiger partial charge in [0, 0.05) is 6.07 Å². The molecule has 0 bridgehead atoms. The molecule has 25 heavy (non-hydrogen) atoms. The number of hydrogen-bond donors (Lipinski definition) is 2. The summed E-state index contributed by atoms with van der Waals surface area (Å²) in [6, 6.07) is 9.67. The molecule has 0 heterocycles. The first-order chi connectivity index (χ1) is 12.0. The van der Waals surface area contributed by atoms with Gasteiger partial charge in [0.1, 0.15) is 18.2 Å². The third-order valence-corrected chi connectivity index (χ3v) is 3.04. The molecule has 7 heteroatoms. The van der Waals surface area contributed by atoms with E-state index in [0.717, 1.165) is 12.1 Å². The van der Waals surface area contributed by atoms with Crippen LogP contribution < -0.4 is 20.1 Å². The number of rotatable bonds is 7. The molecule has 5 nitrogen and oxygen atoms in total. The fourth-order valence-electron chi connectivity index (χ4n) is 2.01. The zero-order chi connectivity index (χ0) is 18.2. The van der Waals surface area contributed by atoms with E-state index in [-0.39, 0.29) is 25.0 Å².